The fraction of sp³-hybridized carbons (Fsp3) is 0.611. The van der Waals surface area contributed by atoms with Gasteiger partial charge in [-0.1, -0.05) is 12.1 Å². The van der Waals surface area contributed by atoms with Crippen LogP contribution in [-0.2, 0) is 9.53 Å². The highest BCUT2D eigenvalue weighted by atomic mass is 35.5. The van der Waals surface area contributed by atoms with E-state index in [2.05, 4.69) is 0 Å². The molecule has 0 saturated carbocycles. The van der Waals surface area contributed by atoms with Crippen molar-refractivity contribution < 1.29 is 14.3 Å². The molecule has 136 valence electrons. The molecule has 0 unspecified atom stereocenters. The second-order valence-corrected chi connectivity index (χ2v) is 6.15. The van der Waals surface area contributed by atoms with Crippen molar-refractivity contribution in [2.24, 2.45) is 5.73 Å². The molecule has 1 aliphatic heterocycles. The molecule has 2 N–H and O–H groups in total. The number of hydrogen-bond acceptors (Lipinski definition) is 4. The Balaban J connectivity index is 0.00000288. The smallest absolute Gasteiger partial charge is 0.260 e. The van der Waals surface area contributed by atoms with Crippen LogP contribution in [0.1, 0.15) is 30.4 Å². The van der Waals surface area contributed by atoms with Gasteiger partial charge in [-0.25, -0.2) is 0 Å². The molecular weight excluding hydrogens is 328 g/mol. The molecule has 1 heterocycles. The number of halogens is 1. The normalized spacial score (nSPS) is 15.0. The van der Waals surface area contributed by atoms with Gasteiger partial charge >= 0.3 is 0 Å². The van der Waals surface area contributed by atoms with E-state index in [4.69, 9.17) is 15.2 Å². The van der Waals surface area contributed by atoms with Crippen molar-refractivity contribution >= 4 is 18.3 Å². The summed E-state index contributed by atoms with van der Waals surface area (Å²) in [5.74, 6) is 0.838. The molecule has 1 aliphatic rings. The average Bonchev–Trinajstić information content (AvgIpc) is 2.56. The first kappa shape index (κ1) is 20.7. The van der Waals surface area contributed by atoms with Gasteiger partial charge in [0.05, 0.1) is 6.10 Å². The van der Waals surface area contributed by atoms with Crippen LogP contribution in [0.15, 0.2) is 18.2 Å². The number of aryl methyl sites for hydroxylation is 2. The first-order chi connectivity index (χ1) is 11.1. The van der Waals surface area contributed by atoms with Crippen LogP contribution in [0.5, 0.6) is 5.75 Å². The molecule has 1 aromatic carbocycles. The van der Waals surface area contributed by atoms with Crippen LogP contribution >= 0.6 is 12.4 Å². The highest BCUT2D eigenvalue weighted by Crippen LogP contribution is 2.20. The van der Waals surface area contributed by atoms with E-state index in [1.54, 1.807) is 0 Å². The summed E-state index contributed by atoms with van der Waals surface area (Å²) in [6.07, 6.45) is 2.92. The number of likely N-dealkylation sites (tertiary alicyclic amines) is 1. The third-order valence-corrected chi connectivity index (χ3v) is 4.19. The largest absolute Gasteiger partial charge is 0.483 e. The van der Waals surface area contributed by atoms with Crippen molar-refractivity contribution in [1.29, 1.82) is 0 Å². The number of ether oxygens (including phenoxy) is 2. The maximum absolute atomic E-state index is 12.3. The van der Waals surface area contributed by atoms with Gasteiger partial charge < -0.3 is 20.1 Å². The lowest BCUT2D eigenvalue weighted by Gasteiger charge is -2.32. The lowest BCUT2D eigenvalue weighted by Crippen LogP contribution is -2.43. The fourth-order valence-corrected chi connectivity index (χ4v) is 2.70. The number of hydrogen-bond donors (Lipinski definition) is 1. The Bertz CT molecular complexity index is 517. The summed E-state index contributed by atoms with van der Waals surface area (Å²) in [6.45, 7) is 6.96. The number of piperidine rings is 1. The first-order valence-corrected chi connectivity index (χ1v) is 8.39. The lowest BCUT2D eigenvalue weighted by molar-refractivity contribution is -0.136. The molecule has 24 heavy (non-hydrogen) atoms. The summed E-state index contributed by atoms with van der Waals surface area (Å²) in [5, 5.41) is 0. The van der Waals surface area contributed by atoms with E-state index in [-0.39, 0.29) is 31.0 Å². The zero-order chi connectivity index (χ0) is 16.7. The predicted octanol–water partition coefficient (Wildman–Crippen LogP) is 2.46. The second-order valence-electron chi connectivity index (χ2n) is 6.15. The Labute approximate surface area is 150 Å². The van der Waals surface area contributed by atoms with Gasteiger partial charge in [-0.3, -0.25) is 4.79 Å². The summed E-state index contributed by atoms with van der Waals surface area (Å²) < 4.78 is 11.5. The molecule has 1 amide bonds. The van der Waals surface area contributed by atoms with Gasteiger partial charge in [0.1, 0.15) is 5.75 Å². The number of carbonyl (C=O) groups excluding carboxylic acids is 1. The molecule has 0 bridgehead atoms. The van der Waals surface area contributed by atoms with Crippen molar-refractivity contribution in [3.63, 3.8) is 0 Å². The molecule has 0 atom stereocenters. The third-order valence-electron chi connectivity index (χ3n) is 4.19. The minimum absolute atomic E-state index is 0. The van der Waals surface area contributed by atoms with Crippen molar-refractivity contribution in [1.82, 2.24) is 4.90 Å². The molecule has 0 aliphatic carbocycles. The van der Waals surface area contributed by atoms with Crippen LogP contribution in [0.25, 0.3) is 0 Å². The quantitative estimate of drug-likeness (QED) is 0.762. The zero-order valence-electron chi connectivity index (χ0n) is 14.6. The van der Waals surface area contributed by atoms with Crippen LogP contribution < -0.4 is 10.5 Å². The Morgan fingerprint density at radius 2 is 2.00 bits per heavy atom. The number of carbonyl (C=O) groups is 1. The van der Waals surface area contributed by atoms with Gasteiger partial charge in [-0.05, 0) is 56.8 Å². The number of nitrogens with two attached hydrogens (primary N) is 1. The van der Waals surface area contributed by atoms with E-state index < -0.39 is 0 Å². The standard InChI is InChI=1S/C18H28N2O3.ClH/c1-14-4-5-15(2)17(12-14)23-13-18(21)20-9-6-16(7-10-20)22-11-3-8-19;/h4-5,12,16H,3,6-11,13,19H2,1-2H3;1H. The van der Waals surface area contributed by atoms with E-state index in [1.165, 1.54) is 0 Å². The summed E-state index contributed by atoms with van der Waals surface area (Å²) in [4.78, 5) is 14.1. The maximum atomic E-state index is 12.3. The van der Waals surface area contributed by atoms with E-state index in [0.29, 0.717) is 13.2 Å². The molecule has 6 heteroatoms. The lowest BCUT2D eigenvalue weighted by atomic mass is 10.1. The summed E-state index contributed by atoms with van der Waals surface area (Å²) in [6, 6.07) is 6.03. The van der Waals surface area contributed by atoms with Gasteiger partial charge in [0, 0.05) is 19.7 Å². The summed E-state index contributed by atoms with van der Waals surface area (Å²) in [7, 11) is 0. The molecule has 1 aromatic rings. The zero-order valence-corrected chi connectivity index (χ0v) is 15.4. The molecule has 0 radical (unpaired) electrons. The number of nitrogens with zero attached hydrogens (tertiary/aromatic N) is 1. The minimum atomic E-state index is 0. The third kappa shape index (κ3) is 6.30. The minimum Gasteiger partial charge on any atom is -0.483 e. The topological polar surface area (TPSA) is 64.8 Å². The Hall–Kier alpha value is -1.30. The molecule has 2 rings (SSSR count). The van der Waals surface area contributed by atoms with Crippen LogP contribution in [-0.4, -0.2) is 49.8 Å². The van der Waals surface area contributed by atoms with Gasteiger partial charge in [0.25, 0.3) is 5.91 Å². The van der Waals surface area contributed by atoms with Gasteiger partial charge in [-0.15, -0.1) is 12.4 Å². The summed E-state index contributed by atoms with van der Waals surface area (Å²) >= 11 is 0. The molecule has 1 fully saturated rings. The number of benzene rings is 1. The Morgan fingerprint density at radius 1 is 1.29 bits per heavy atom. The molecule has 0 aromatic heterocycles. The molecular formula is C18H29ClN2O3. The van der Waals surface area contributed by atoms with Crippen LogP contribution in [0.2, 0.25) is 0 Å². The monoisotopic (exact) mass is 356 g/mol. The van der Waals surface area contributed by atoms with Gasteiger partial charge in [0.15, 0.2) is 6.61 Å². The summed E-state index contributed by atoms with van der Waals surface area (Å²) in [5.41, 5.74) is 7.64. The van der Waals surface area contributed by atoms with Crippen molar-refractivity contribution in [2.75, 3.05) is 32.8 Å². The van der Waals surface area contributed by atoms with Crippen molar-refractivity contribution in [3.8, 4) is 5.75 Å². The van der Waals surface area contributed by atoms with E-state index in [0.717, 1.165) is 49.2 Å². The predicted molar refractivity (Wildman–Crippen MR) is 97.9 cm³/mol. The highest BCUT2D eigenvalue weighted by molar-refractivity contribution is 5.85. The highest BCUT2D eigenvalue weighted by Gasteiger charge is 2.23. The van der Waals surface area contributed by atoms with Crippen LogP contribution in [0, 0.1) is 13.8 Å². The van der Waals surface area contributed by atoms with Crippen LogP contribution in [0.4, 0.5) is 0 Å². The Kier molecular flexibility index (Phi) is 9.11. The average molecular weight is 357 g/mol. The SMILES string of the molecule is Cc1ccc(C)c(OCC(=O)N2CCC(OCCCN)CC2)c1.Cl. The van der Waals surface area contributed by atoms with Crippen molar-refractivity contribution in [2.45, 2.75) is 39.2 Å². The van der Waals surface area contributed by atoms with E-state index in [1.807, 2.05) is 36.9 Å². The van der Waals surface area contributed by atoms with Crippen LogP contribution in [0.3, 0.4) is 0 Å². The molecule has 0 spiro atoms. The molecule has 1 saturated heterocycles. The Morgan fingerprint density at radius 3 is 2.67 bits per heavy atom. The second kappa shape index (κ2) is 10.5. The van der Waals surface area contributed by atoms with E-state index in [9.17, 15) is 4.79 Å². The van der Waals surface area contributed by atoms with Crippen molar-refractivity contribution in [3.05, 3.63) is 29.3 Å². The number of rotatable bonds is 7. The maximum Gasteiger partial charge on any atom is 0.260 e. The fourth-order valence-electron chi connectivity index (χ4n) is 2.70. The van der Waals surface area contributed by atoms with Gasteiger partial charge in [0.2, 0.25) is 0 Å². The van der Waals surface area contributed by atoms with E-state index >= 15 is 0 Å². The van der Waals surface area contributed by atoms with Gasteiger partial charge in [-0.2, -0.15) is 0 Å². The first-order valence-electron chi connectivity index (χ1n) is 8.39. The molecule has 5 nitrogen and oxygen atoms in total. The number of amides is 1.